The summed E-state index contributed by atoms with van der Waals surface area (Å²) in [6.45, 7) is 4.59. The molecule has 2 aromatic rings. The van der Waals surface area contributed by atoms with Gasteiger partial charge in [0.1, 0.15) is 12.4 Å². The first-order chi connectivity index (χ1) is 9.60. The van der Waals surface area contributed by atoms with Crippen LogP contribution in [0.4, 0.5) is 0 Å². The summed E-state index contributed by atoms with van der Waals surface area (Å²) < 4.78 is 5.73. The van der Waals surface area contributed by atoms with Crippen molar-refractivity contribution >= 4 is 5.91 Å². The normalized spacial score (nSPS) is 10.2. The predicted octanol–water partition coefficient (Wildman–Crippen LogP) is 2.49. The minimum absolute atomic E-state index is 0.299. The zero-order valence-electron chi connectivity index (χ0n) is 11.6. The molecule has 0 heterocycles. The number of benzene rings is 2. The van der Waals surface area contributed by atoms with Gasteiger partial charge in [-0.15, -0.1) is 0 Å². The smallest absolute Gasteiger partial charge is 0.265 e. The van der Waals surface area contributed by atoms with E-state index >= 15 is 0 Å². The van der Waals surface area contributed by atoms with Crippen LogP contribution in [0.5, 0.6) is 5.75 Å². The maximum absolute atomic E-state index is 11.3. The lowest BCUT2D eigenvalue weighted by Gasteiger charge is -2.09. The van der Waals surface area contributed by atoms with Crippen LogP contribution in [0.15, 0.2) is 42.5 Å². The lowest BCUT2D eigenvalue weighted by Crippen LogP contribution is -2.29. The SMILES string of the molecule is Cc1ccc(OCc2ccc(C(=O)NN)cc2)cc1C. The molecule has 0 aliphatic carbocycles. The molecule has 0 unspecified atom stereocenters. The van der Waals surface area contributed by atoms with Crippen LogP contribution in [-0.2, 0) is 6.61 Å². The van der Waals surface area contributed by atoms with Gasteiger partial charge in [0.15, 0.2) is 0 Å². The van der Waals surface area contributed by atoms with Crippen LogP contribution >= 0.6 is 0 Å². The van der Waals surface area contributed by atoms with E-state index in [4.69, 9.17) is 10.6 Å². The number of ether oxygens (including phenoxy) is 1. The third kappa shape index (κ3) is 3.36. The highest BCUT2D eigenvalue weighted by Gasteiger charge is 2.03. The van der Waals surface area contributed by atoms with Crippen LogP contribution in [0, 0.1) is 13.8 Å². The Labute approximate surface area is 118 Å². The number of hydrazine groups is 1. The molecule has 0 fully saturated rings. The van der Waals surface area contributed by atoms with E-state index in [2.05, 4.69) is 19.3 Å². The van der Waals surface area contributed by atoms with E-state index in [-0.39, 0.29) is 5.91 Å². The number of nitrogens with one attached hydrogen (secondary N) is 1. The van der Waals surface area contributed by atoms with Crippen LogP contribution in [-0.4, -0.2) is 5.91 Å². The number of nitrogens with two attached hydrogens (primary N) is 1. The van der Waals surface area contributed by atoms with Crippen molar-refractivity contribution in [2.75, 3.05) is 0 Å². The number of carbonyl (C=O) groups is 1. The van der Waals surface area contributed by atoms with E-state index in [0.29, 0.717) is 12.2 Å². The van der Waals surface area contributed by atoms with Gasteiger partial charge in [0, 0.05) is 5.56 Å². The number of carbonyl (C=O) groups excluding carboxylic acids is 1. The number of hydrogen-bond acceptors (Lipinski definition) is 3. The van der Waals surface area contributed by atoms with Gasteiger partial charge in [-0.05, 0) is 54.8 Å². The monoisotopic (exact) mass is 270 g/mol. The minimum Gasteiger partial charge on any atom is -0.489 e. The van der Waals surface area contributed by atoms with Gasteiger partial charge in [-0.2, -0.15) is 0 Å². The van der Waals surface area contributed by atoms with Crippen LogP contribution < -0.4 is 16.0 Å². The molecule has 0 saturated heterocycles. The number of hydrogen-bond donors (Lipinski definition) is 2. The fourth-order valence-corrected chi connectivity index (χ4v) is 1.81. The number of nitrogen functional groups attached to an aromatic ring is 1. The van der Waals surface area contributed by atoms with Gasteiger partial charge in [-0.1, -0.05) is 18.2 Å². The van der Waals surface area contributed by atoms with E-state index in [0.717, 1.165) is 11.3 Å². The molecule has 2 aromatic carbocycles. The second-order valence-electron chi connectivity index (χ2n) is 4.71. The quantitative estimate of drug-likeness (QED) is 0.509. The van der Waals surface area contributed by atoms with Gasteiger partial charge < -0.3 is 4.74 Å². The highest BCUT2D eigenvalue weighted by atomic mass is 16.5. The highest BCUT2D eigenvalue weighted by molar-refractivity contribution is 5.93. The molecule has 0 atom stereocenters. The van der Waals surface area contributed by atoms with Crippen molar-refractivity contribution in [2.45, 2.75) is 20.5 Å². The van der Waals surface area contributed by atoms with Gasteiger partial charge in [-0.25, -0.2) is 5.84 Å². The average molecular weight is 270 g/mol. The first-order valence-electron chi connectivity index (χ1n) is 6.40. The van der Waals surface area contributed by atoms with E-state index in [1.54, 1.807) is 12.1 Å². The van der Waals surface area contributed by atoms with Crippen molar-refractivity contribution in [3.8, 4) is 5.75 Å². The second kappa shape index (κ2) is 6.21. The maximum atomic E-state index is 11.3. The summed E-state index contributed by atoms with van der Waals surface area (Å²) in [6.07, 6.45) is 0. The molecule has 0 aliphatic heterocycles. The summed E-state index contributed by atoms with van der Waals surface area (Å²) in [7, 11) is 0. The molecule has 4 nitrogen and oxygen atoms in total. The molecule has 3 N–H and O–H groups in total. The standard InChI is InChI=1S/C16H18N2O2/c1-11-3-8-15(9-12(11)2)20-10-13-4-6-14(7-5-13)16(19)18-17/h3-9H,10,17H2,1-2H3,(H,18,19). The van der Waals surface area contributed by atoms with Crippen molar-refractivity contribution < 1.29 is 9.53 Å². The van der Waals surface area contributed by atoms with Crippen molar-refractivity contribution in [3.63, 3.8) is 0 Å². The summed E-state index contributed by atoms with van der Waals surface area (Å²) in [5, 5.41) is 0. The molecule has 0 bridgehead atoms. The van der Waals surface area contributed by atoms with Gasteiger partial charge in [0.25, 0.3) is 5.91 Å². The average Bonchev–Trinajstić information content (AvgIpc) is 2.48. The Hall–Kier alpha value is -2.33. The zero-order chi connectivity index (χ0) is 14.5. The molecule has 20 heavy (non-hydrogen) atoms. The first-order valence-corrected chi connectivity index (χ1v) is 6.40. The zero-order valence-corrected chi connectivity index (χ0v) is 11.6. The van der Waals surface area contributed by atoms with Gasteiger partial charge in [0.2, 0.25) is 0 Å². The third-order valence-electron chi connectivity index (χ3n) is 3.23. The Balaban J connectivity index is 2.00. The van der Waals surface area contributed by atoms with Gasteiger partial charge >= 0.3 is 0 Å². The predicted molar refractivity (Wildman–Crippen MR) is 78.3 cm³/mol. The molecule has 0 spiro atoms. The lowest BCUT2D eigenvalue weighted by molar-refractivity contribution is 0.0953. The molecular weight excluding hydrogens is 252 g/mol. The van der Waals surface area contributed by atoms with Crippen LogP contribution in [0.3, 0.4) is 0 Å². The van der Waals surface area contributed by atoms with Crippen molar-refractivity contribution in [2.24, 2.45) is 5.84 Å². The van der Waals surface area contributed by atoms with Crippen LogP contribution in [0.1, 0.15) is 27.0 Å². The van der Waals surface area contributed by atoms with E-state index in [1.807, 2.05) is 30.3 Å². The Kier molecular flexibility index (Phi) is 4.38. The fraction of sp³-hybridized carbons (Fsp3) is 0.188. The largest absolute Gasteiger partial charge is 0.489 e. The molecule has 0 aliphatic rings. The number of rotatable bonds is 4. The summed E-state index contributed by atoms with van der Waals surface area (Å²) in [4.78, 5) is 11.3. The molecule has 1 amide bonds. The molecule has 2 rings (SSSR count). The summed E-state index contributed by atoms with van der Waals surface area (Å²) in [6, 6.07) is 13.2. The van der Waals surface area contributed by atoms with Crippen molar-refractivity contribution in [3.05, 3.63) is 64.7 Å². The Morgan fingerprint density at radius 1 is 1.10 bits per heavy atom. The lowest BCUT2D eigenvalue weighted by atomic mass is 10.1. The highest BCUT2D eigenvalue weighted by Crippen LogP contribution is 2.18. The second-order valence-corrected chi connectivity index (χ2v) is 4.71. The number of amides is 1. The Morgan fingerprint density at radius 3 is 2.40 bits per heavy atom. The molecule has 0 saturated carbocycles. The minimum atomic E-state index is -0.299. The Bertz CT molecular complexity index is 606. The van der Waals surface area contributed by atoms with E-state index < -0.39 is 0 Å². The number of aryl methyl sites for hydroxylation is 2. The Morgan fingerprint density at radius 2 is 1.80 bits per heavy atom. The van der Waals surface area contributed by atoms with E-state index in [1.165, 1.54) is 11.1 Å². The summed E-state index contributed by atoms with van der Waals surface area (Å²) >= 11 is 0. The third-order valence-corrected chi connectivity index (χ3v) is 3.23. The molecule has 0 aromatic heterocycles. The molecule has 4 heteroatoms. The topological polar surface area (TPSA) is 64.3 Å². The summed E-state index contributed by atoms with van der Waals surface area (Å²) in [5.41, 5.74) is 6.08. The van der Waals surface area contributed by atoms with Crippen LogP contribution in [0.25, 0.3) is 0 Å². The van der Waals surface area contributed by atoms with Crippen molar-refractivity contribution in [1.82, 2.24) is 5.43 Å². The maximum Gasteiger partial charge on any atom is 0.265 e. The fourth-order valence-electron chi connectivity index (χ4n) is 1.81. The van der Waals surface area contributed by atoms with E-state index in [9.17, 15) is 4.79 Å². The molecular formula is C16H18N2O2. The van der Waals surface area contributed by atoms with Gasteiger partial charge in [-0.3, -0.25) is 10.2 Å². The molecule has 0 radical (unpaired) electrons. The summed E-state index contributed by atoms with van der Waals surface area (Å²) in [5.74, 6) is 5.62. The molecule has 104 valence electrons. The van der Waals surface area contributed by atoms with Crippen LogP contribution in [0.2, 0.25) is 0 Å². The first kappa shape index (κ1) is 14.1. The van der Waals surface area contributed by atoms with Gasteiger partial charge in [0.05, 0.1) is 0 Å². The van der Waals surface area contributed by atoms with Crippen molar-refractivity contribution in [1.29, 1.82) is 0 Å².